The van der Waals surface area contributed by atoms with Crippen molar-refractivity contribution in [1.82, 2.24) is 5.32 Å². The normalized spacial score (nSPS) is 12.2. The molecule has 1 aromatic rings. The molecule has 0 heterocycles. The van der Waals surface area contributed by atoms with Crippen LogP contribution < -0.4 is 10.1 Å². The van der Waals surface area contributed by atoms with Gasteiger partial charge in [0.2, 0.25) is 0 Å². The number of carbonyl (C=O) groups is 1. The first-order chi connectivity index (χ1) is 8.04. The van der Waals surface area contributed by atoms with E-state index in [0.717, 1.165) is 18.2 Å². The Labute approximate surface area is 97.2 Å². The molecule has 6 heteroatoms. The lowest BCUT2D eigenvalue weighted by atomic mass is 10.3. The number of benzene rings is 1. The smallest absolute Gasteiger partial charge is 0.324 e. The quantitative estimate of drug-likeness (QED) is 0.795. The summed E-state index contributed by atoms with van der Waals surface area (Å²) in [6.45, 7) is 1.90. The van der Waals surface area contributed by atoms with Gasteiger partial charge in [0.1, 0.15) is 18.5 Å². The third-order valence-corrected chi connectivity index (χ3v) is 2.05. The summed E-state index contributed by atoms with van der Waals surface area (Å²) in [6.07, 6.45) is 0. The Morgan fingerprint density at radius 2 is 2.24 bits per heavy atom. The van der Waals surface area contributed by atoms with Gasteiger partial charge in [0.05, 0.1) is 0 Å². The van der Waals surface area contributed by atoms with Crippen molar-refractivity contribution in [2.45, 2.75) is 13.0 Å². The Morgan fingerprint density at radius 3 is 2.82 bits per heavy atom. The predicted octanol–water partition coefficient (Wildman–Crippen LogP) is 1.41. The summed E-state index contributed by atoms with van der Waals surface area (Å²) in [5, 5.41) is 11.4. The monoisotopic (exact) mass is 245 g/mol. The van der Waals surface area contributed by atoms with Crippen molar-refractivity contribution in [3.63, 3.8) is 0 Å². The molecule has 0 aromatic heterocycles. The highest BCUT2D eigenvalue weighted by atomic mass is 19.1. The Morgan fingerprint density at radius 1 is 1.53 bits per heavy atom. The summed E-state index contributed by atoms with van der Waals surface area (Å²) >= 11 is 0. The fourth-order valence-electron chi connectivity index (χ4n) is 1.22. The first-order valence-electron chi connectivity index (χ1n) is 5.08. The highest BCUT2D eigenvalue weighted by Crippen LogP contribution is 2.17. The maximum atomic E-state index is 13.1. The Balaban J connectivity index is 2.64. The van der Waals surface area contributed by atoms with Crippen LogP contribution in [0.5, 0.6) is 5.75 Å². The molecule has 0 spiro atoms. The molecule has 0 amide bonds. The van der Waals surface area contributed by atoms with E-state index < -0.39 is 23.6 Å². The van der Waals surface area contributed by atoms with Gasteiger partial charge in [-0.2, -0.15) is 0 Å². The second-order valence-corrected chi connectivity index (χ2v) is 3.33. The first-order valence-corrected chi connectivity index (χ1v) is 5.08. The number of aliphatic carboxylic acids is 1. The Bertz CT molecular complexity index is 398. The minimum atomic E-state index is -1.11. The molecule has 94 valence electrons. The second-order valence-electron chi connectivity index (χ2n) is 3.33. The van der Waals surface area contributed by atoms with Crippen molar-refractivity contribution in [1.29, 1.82) is 0 Å². The number of rotatable bonds is 6. The second kappa shape index (κ2) is 6.15. The molecule has 0 aliphatic carbocycles. The van der Waals surface area contributed by atoms with Gasteiger partial charge in [-0.05, 0) is 18.7 Å². The maximum absolute atomic E-state index is 13.1. The SMILES string of the molecule is CCNC(COc1cc(F)ccc1F)C(=O)O. The third-order valence-electron chi connectivity index (χ3n) is 2.05. The van der Waals surface area contributed by atoms with Crippen molar-refractivity contribution < 1.29 is 23.4 Å². The van der Waals surface area contributed by atoms with Crippen LogP contribution in [0, 0.1) is 11.6 Å². The zero-order valence-electron chi connectivity index (χ0n) is 9.24. The van der Waals surface area contributed by atoms with Crippen molar-refractivity contribution in [2.75, 3.05) is 13.2 Å². The lowest BCUT2D eigenvalue weighted by Crippen LogP contribution is -2.41. The number of halogens is 2. The van der Waals surface area contributed by atoms with Crippen LogP contribution in [-0.2, 0) is 4.79 Å². The summed E-state index contributed by atoms with van der Waals surface area (Å²) in [6, 6.07) is 1.80. The number of hydrogen-bond acceptors (Lipinski definition) is 3. The lowest BCUT2D eigenvalue weighted by Gasteiger charge is -2.14. The van der Waals surface area contributed by atoms with Gasteiger partial charge in [0.25, 0.3) is 0 Å². The molecule has 4 nitrogen and oxygen atoms in total. The maximum Gasteiger partial charge on any atom is 0.324 e. The molecule has 0 saturated heterocycles. The van der Waals surface area contributed by atoms with Crippen molar-refractivity contribution >= 4 is 5.97 Å². The van der Waals surface area contributed by atoms with Crippen LogP contribution in [0.1, 0.15) is 6.92 Å². The topological polar surface area (TPSA) is 58.6 Å². The fourth-order valence-corrected chi connectivity index (χ4v) is 1.22. The number of likely N-dealkylation sites (N-methyl/N-ethyl adjacent to an activating group) is 1. The molecule has 0 fully saturated rings. The average Bonchev–Trinajstić information content (AvgIpc) is 2.28. The lowest BCUT2D eigenvalue weighted by molar-refractivity contribution is -0.140. The summed E-state index contributed by atoms with van der Waals surface area (Å²) in [4.78, 5) is 10.8. The molecule has 2 N–H and O–H groups in total. The van der Waals surface area contributed by atoms with Gasteiger partial charge in [0, 0.05) is 6.07 Å². The number of hydrogen-bond donors (Lipinski definition) is 2. The molecule has 0 aliphatic rings. The highest BCUT2D eigenvalue weighted by molar-refractivity contribution is 5.73. The van der Waals surface area contributed by atoms with E-state index in [1.165, 1.54) is 0 Å². The van der Waals surface area contributed by atoms with Gasteiger partial charge in [-0.15, -0.1) is 0 Å². The molecule has 1 rings (SSSR count). The third kappa shape index (κ3) is 3.99. The van der Waals surface area contributed by atoms with Crippen LogP contribution >= 0.6 is 0 Å². The van der Waals surface area contributed by atoms with E-state index in [2.05, 4.69) is 5.32 Å². The molecule has 1 aromatic carbocycles. The first kappa shape index (κ1) is 13.4. The van der Waals surface area contributed by atoms with Crippen molar-refractivity contribution in [3.8, 4) is 5.75 Å². The van der Waals surface area contributed by atoms with Crippen molar-refractivity contribution in [2.24, 2.45) is 0 Å². The van der Waals surface area contributed by atoms with E-state index in [9.17, 15) is 13.6 Å². The van der Waals surface area contributed by atoms with Crippen LogP contribution in [0.3, 0.4) is 0 Å². The van der Waals surface area contributed by atoms with E-state index in [1.807, 2.05) is 0 Å². The Hall–Kier alpha value is -1.69. The molecule has 0 saturated carbocycles. The molecular weight excluding hydrogens is 232 g/mol. The van der Waals surface area contributed by atoms with E-state index in [4.69, 9.17) is 9.84 Å². The van der Waals surface area contributed by atoms with Crippen LogP contribution in [0.25, 0.3) is 0 Å². The summed E-state index contributed by atoms with van der Waals surface area (Å²) in [5.41, 5.74) is 0. The zero-order chi connectivity index (χ0) is 12.8. The van der Waals surface area contributed by atoms with Crippen LogP contribution in [-0.4, -0.2) is 30.3 Å². The standard InChI is InChI=1S/C11H13F2NO3/c1-2-14-9(11(15)16)6-17-10-5-7(12)3-4-8(10)13/h3-5,9,14H,2,6H2,1H3,(H,15,16). The van der Waals surface area contributed by atoms with E-state index in [1.54, 1.807) is 6.92 Å². The molecule has 0 bridgehead atoms. The molecule has 1 atom stereocenters. The summed E-state index contributed by atoms with van der Waals surface area (Å²) in [5.74, 6) is -2.78. The minimum absolute atomic E-state index is 0.274. The molecule has 0 radical (unpaired) electrons. The molecule has 1 unspecified atom stereocenters. The van der Waals surface area contributed by atoms with Gasteiger partial charge in [-0.25, -0.2) is 8.78 Å². The largest absolute Gasteiger partial charge is 0.488 e. The fraction of sp³-hybridized carbons (Fsp3) is 0.364. The van der Waals surface area contributed by atoms with Crippen LogP contribution in [0.4, 0.5) is 8.78 Å². The number of carboxylic acid groups (broad SMARTS) is 1. The van der Waals surface area contributed by atoms with Gasteiger partial charge < -0.3 is 15.2 Å². The predicted molar refractivity (Wildman–Crippen MR) is 57.0 cm³/mol. The summed E-state index contributed by atoms with van der Waals surface area (Å²) < 4.78 is 30.9. The number of nitrogens with one attached hydrogen (secondary N) is 1. The van der Waals surface area contributed by atoms with E-state index in [0.29, 0.717) is 6.54 Å². The average molecular weight is 245 g/mol. The van der Waals surface area contributed by atoms with Gasteiger partial charge in [0.15, 0.2) is 11.6 Å². The molecule has 0 aliphatic heterocycles. The van der Waals surface area contributed by atoms with Gasteiger partial charge in [-0.1, -0.05) is 6.92 Å². The summed E-state index contributed by atoms with van der Waals surface area (Å²) in [7, 11) is 0. The van der Waals surface area contributed by atoms with Crippen LogP contribution in [0.2, 0.25) is 0 Å². The zero-order valence-corrected chi connectivity index (χ0v) is 9.24. The van der Waals surface area contributed by atoms with E-state index in [-0.39, 0.29) is 12.4 Å². The van der Waals surface area contributed by atoms with Gasteiger partial charge in [-0.3, -0.25) is 4.79 Å². The minimum Gasteiger partial charge on any atom is -0.488 e. The Kier molecular flexibility index (Phi) is 4.84. The highest BCUT2D eigenvalue weighted by Gasteiger charge is 2.17. The van der Waals surface area contributed by atoms with Gasteiger partial charge >= 0.3 is 5.97 Å². The molecule has 17 heavy (non-hydrogen) atoms. The number of ether oxygens (including phenoxy) is 1. The van der Waals surface area contributed by atoms with Crippen LogP contribution in [0.15, 0.2) is 18.2 Å². The van der Waals surface area contributed by atoms with E-state index >= 15 is 0 Å². The molecular formula is C11H13F2NO3. The van der Waals surface area contributed by atoms with Crippen molar-refractivity contribution in [3.05, 3.63) is 29.8 Å². The number of carboxylic acids is 1.